The fourth-order valence-corrected chi connectivity index (χ4v) is 6.70. The molecule has 204 valence electrons. The van der Waals surface area contributed by atoms with Crippen LogP contribution in [0.4, 0.5) is 5.69 Å². The highest BCUT2D eigenvalue weighted by Gasteiger charge is 2.26. The highest BCUT2D eigenvalue weighted by atomic mass is 35.5. The van der Waals surface area contributed by atoms with Crippen molar-refractivity contribution in [3.05, 3.63) is 52.0 Å². The van der Waals surface area contributed by atoms with Gasteiger partial charge in [-0.25, -0.2) is 12.7 Å². The first-order valence-electron chi connectivity index (χ1n) is 12.5. The van der Waals surface area contributed by atoms with E-state index >= 15 is 0 Å². The summed E-state index contributed by atoms with van der Waals surface area (Å²) in [5.74, 6) is 0.384. The van der Waals surface area contributed by atoms with Gasteiger partial charge in [0.2, 0.25) is 15.9 Å². The van der Waals surface area contributed by atoms with Gasteiger partial charge in [-0.2, -0.15) is 0 Å². The van der Waals surface area contributed by atoms with Gasteiger partial charge in [0.1, 0.15) is 5.75 Å². The highest BCUT2D eigenvalue weighted by Crippen LogP contribution is 2.30. The molecular weight excluding hydrogens is 512 g/mol. The zero-order chi connectivity index (χ0) is 27.3. The van der Waals surface area contributed by atoms with Crippen LogP contribution in [-0.2, 0) is 21.4 Å². The Kier molecular flexibility index (Phi) is 9.86. The number of carbonyl (C=O) groups excluding carboxylic acids is 1. The van der Waals surface area contributed by atoms with Crippen molar-refractivity contribution >= 4 is 33.2 Å². The number of ether oxygens (including phenoxy) is 1. The number of anilines is 1. The molecule has 1 heterocycles. The first-order valence-corrected chi connectivity index (χ1v) is 14.3. The Labute approximate surface area is 226 Å². The van der Waals surface area contributed by atoms with Crippen molar-refractivity contribution in [3.63, 3.8) is 0 Å². The van der Waals surface area contributed by atoms with Crippen molar-refractivity contribution in [2.75, 3.05) is 52.8 Å². The number of amides is 1. The van der Waals surface area contributed by atoms with Crippen LogP contribution in [0, 0.1) is 13.8 Å². The lowest BCUT2D eigenvalue weighted by Crippen LogP contribution is -2.42. The van der Waals surface area contributed by atoms with Crippen molar-refractivity contribution in [2.45, 2.75) is 50.6 Å². The Balaban J connectivity index is 1.53. The Bertz CT molecular complexity index is 1190. The number of hydrogen-bond acceptors (Lipinski definition) is 6. The molecule has 1 saturated heterocycles. The normalized spacial score (nSPS) is 14.9. The third-order valence-electron chi connectivity index (χ3n) is 7.03. The Hall–Kier alpha value is -2.33. The smallest absolute Gasteiger partial charge is 0.243 e. The van der Waals surface area contributed by atoms with Gasteiger partial charge in [0.25, 0.3) is 0 Å². The van der Waals surface area contributed by atoms with Gasteiger partial charge in [0.05, 0.1) is 22.7 Å². The molecule has 8 nitrogen and oxygen atoms in total. The SMILES string of the molecule is COc1cc(C)c(S(=O)(=O)N(C)CCC(=O)NCc2ccc(N3CCC(N(C)C)CC3)c(Cl)c2)c(C)c1. The van der Waals surface area contributed by atoms with Gasteiger partial charge in [-0.15, -0.1) is 0 Å². The van der Waals surface area contributed by atoms with E-state index in [9.17, 15) is 13.2 Å². The molecule has 0 aromatic heterocycles. The summed E-state index contributed by atoms with van der Waals surface area (Å²) in [5.41, 5.74) is 3.13. The molecule has 0 radical (unpaired) electrons. The van der Waals surface area contributed by atoms with E-state index < -0.39 is 10.0 Å². The van der Waals surface area contributed by atoms with Crippen LogP contribution in [0.5, 0.6) is 5.75 Å². The maximum Gasteiger partial charge on any atom is 0.243 e. The molecule has 0 saturated carbocycles. The number of sulfonamides is 1. The second-order valence-corrected chi connectivity index (χ2v) is 12.3. The fourth-order valence-electron chi connectivity index (χ4n) is 4.80. The minimum atomic E-state index is -3.74. The highest BCUT2D eigenvalue weighted by molar-refractivity contribution is 7.89. The molecule has 0 atom stereocenters. The van der Waals surface area contributed by atoms with Gasteiger partial charge in [0, 0.05) is 45.7 Å². The lowest BCUT2D eigenvalue weighted by Gasteiger charge is -2.36. The molecule has 1 amide bonds. The number of hydrogen-bond donors (Lipinski definition) is 1. The molecule has 1 N–H and O–H groups in total. The van der Waals surface area contributed by atoms with E-state index in [1.54, 1.807) is 33.1 Å². The fraction of sp³-hybridized carbons (Fsp3) is 0.519. The van der Waals surface area contributed by atoms with E-state index in [0.717, 1.165) is 37.2 Å². The van der Waals surface area contributed by atoms with Crippen molar-refractivity contribution in [1.29, 1.82) is 0 Å². The zero-order valence-corrected chi connectivity index (χ0v) is 24.2. The Morgan fingerprint density at radius 3 is 2.27 bits per heavy atom. The van der Waals surface area contributed by atoms with Crippen LogP contribution < -0.4 is 15.0 Å². The first kappa shape index (κ1) is 29.2. The topological polar surface area (TPSA) is 82.2 Å². The van der Waals surface area contributed by atoms with Crippen LogP contribution in [-0.4, -0.2) is 77.5 Å². The molecular formula is C27H39ClN4O4S. The largest absolute Gasteiger partial charge is 0.497 e. The number of aryl methyl sites for hydroxylation is 2. The second kappa shape index (κ2) is 12.5. The minimum Gasteiger partial charge on any atom is -0.497 e. The summed E-state index contributed by atoms with van der Waals surface area (Å²) in [6.07, 6.45) is 2.25. The van der Waals surface area contributed by atoms with Crippen LogP contribution in [0.2, 0.25) is 5.02 Å². The van der Waals surface area contributed by atoms with Crippen molar-refractivity contribution in [1.82, 2.24) is 14.5 Å². The van der Waals surface area contributed by atoms with E-state index in [1.165, 1.54) is 11.4 Å². The summed E-state index contributed by atoms with van der Waals surface area (Å²) < 4.78 is 32.7. The third kappa shape index (κ3) is 7.16. The number of piperidine rings is 1. The van der Waals surface area contributed by atoms with Crippen LogP contribution in [0.3, 0.4) is 0 Å². The van der Waals surface area contributed by atoms with Gasteiger partial charge >= 0.3 is 0 Å². The number of carbonyl (C=O) groups is 1. The second-order valence-electron chi connectivity index (χ2n) is 9.91. The van der Waals surface area contributed by atoms with E-state index in [4.69, 9.17) is 16.3 Å². The van der Waals surface area contributed by atoms with Crippen molar-refractivity contribution in [2.24, 2.45) is 0 Å². The molecule has 1 fully saturated rings. The Morgan fingerprint density at radius 1 is 1.11 bits per heavy atom. The monoisotopic (exact) mass is 550 g/mol. The predicted octanol–water partition coefficient (Wildman–Crippen LogP) is 3.82. The van der Waals surface area contributed by atoms with Crippen molar-refractivity contribution < 1.29 is 17.9 Å². The lowest BCUT2D eigenvalue weighted by molar-refractivity contribution is -0.121. The Morgan fingerprint density at radius 2 is 1.73 bits per heavy atom. The maximum absolute atomic E-state index is 13.1. The lowest BCUT2D eigenvalue weighted by atomic mass is 10.0. The number of nitrogens with one attached hydrogen (secondary N) is 1. The van der Waals surface area contributed by atoms with E-state index in [0.29, 0.717) is 34.5 Å². The minimum absolute atomic E-state index is 0.0522. The average Bonchev–Trinajstić information content (AvgIpc) is 2.85. The maximum atomic E-state index is 13.1. The summed E-state index contributed by atoms with van der Waals surface area (Å²) in [6.45, 7) is 5.81. The number of halogens is 1. The molecule has 2 aromatic rings. The van der Waals surface area contributed by atoms with E-state index in [1.807, 2.05) is 18.2 Å². The predicted molar refractivity (Wildman–Crippen MR) is 149 cm³/mol. The molecule has 2 aromatic carbocycles. The van der Waals surface area contributed by atoms with E-state index in [-0.39, 0.29) is 23.8 Å². The summed E-state index contributed by atoms with van der Waals surface area (Å²) in [5, 5.41) is 3.55. The number of nitrogens with zero attached hydrogens (tertiary/aromatic N) is 3. The molecule has 10 heteroatoms. The van der Waals surface area contributed by atoms with Crippen LogP contribution in [0.1, 0.15) is 36.0 Å². The van der Waals surface area contributed by atoms with Crippen LogP contribution >= 0.6 is 11.6 Å². The molecule has 0 aliphatic carbocycles. The summed E-state index contributed by atoms with van der Waals surface area (Å²) in [4.78, 5) is 17.3. The van der Waals surface area contributed by atoms with Crippen molar-refractivity contribution in [3.8, 4) is 5.75 Å². The summed E-state index contributed by atoms with van der Waals surface area (Å²) in [6, 6.07) is 9.87. The standard InChI is InChI=1S/C27H39ClN4O4S/c1-19-15-23(36-6)16-20(2)27(19)37(34,35)31(5)12-11-26(33)29-18-21-7-8-25(24(28)17-21)32-13-9-22(10-14-32)30(3)4/h7-8,15-17,22H,9-14,18H2,1-6H3,(H,29,33). The summed E-state index contributed by atoms with van der Waals surface area (Å²) >= 11 is 6.59. The molecule has 1 aliphatic heterocycles. The van der Waals surface area contributed by atoms with Gasteiger partial charge < -0.3 is 19.9 Å². The number of methoxy groups -OCH3 is 1. The first-order chi connectivity index (χ1) is 17.4. The van der Waals surface area contributed by atoms with Gasteiger partial charge in [-0.1, -0.05) is 17.7 Å². The zero-order valence-electron chi connectivity index (χ0n) is 22.7. The number of benzene rings is 2. The molecule has 0 unspecified atom stereocenters. The van der Waals surface area contributed by atoms with Gasteiger partial charge in [-0.3, -0.25) is 4.79 Å². The van der Waals surface area contributed by atoms with Gasteiger partial charge in [0.15, 0.2) is 0 Å². The molecule has 37 heavy (non-hydrogen) atoms. The molecule has 1 aliphatic rings. The van der Waals surface area contributed by atoms with Crippen LogP contribution in [0.25, 0.3) is 0 Å². The quantitative estimate of drug-likeness (QED) is 0.484. The molecule has 3 rings (SSSR count). The van der Waals surface area contributed by atoms with Crippen LogP contribution in [0.15, 0.2) is 35.2 Å². The number of rotatable bonds is 10. The third-order valence-corrected chi connectivity index (χ3v) is 9.49. The van der Waals surface area contributed by atoms with Gasteiger partial charge in [-0.05, 0) is 81.7 Å². The van der Waals surface area contributed by atoms with E-state index in [2.05, 4.69) is 29.2 Å². The molecule has 0 bridgehead atoms. The summed E-state index contributed by atoms with van der Waals surface area (Å²) in [7, 11) is 3.54. The average molecular weight is 551 g/mol. The molecule has 0 spiro atoms.